The van der Waals surface area contributed by atoms with Crippen LogP contribution in [-0.2, 0) is 32.4 Å². The van der Waals surface area contributed by atoms with Crippen molar-refractivity contribution in [1.82, 2.24) is 9.21 Å². The number of piperazine rings is 1. The smallest absolute Gasteiger partial charge is 0.341 e. The van der Waals surface area contributed by atoms with E-state index >= 15 is 0 Å². The molecule has 4 rings (SSSR count). The average Bonchev–Trinajstić information content (AvgIpc) is 3.18. The van der Waals surface area contributed by atoms with Gasteiger partial charge in [0.25, 0.3) is 0 Å². The SMILES string of the molecule is CCOC(=O)c1c(NC(=O)CN2CCN(S(=O)(=O)c3ccccc3)CC2)sc2c1CCCC2. The summed E-state index contributed by atoms with van der Waals surface area (Å²) >= 11 is 1.47. The van der Waals surface area contributed by atoms with Gasteiger partial charge in [0.1, 0.15) is 5.00 Å². The van der Waals surface area contributed by atoms with Crippen LogP contribution in [-0.4, -0.2) is 68.8 Å². The van der Waals surface area contributed by atoms with E-state index in [9.17, 15) is 18.0 Å². The summed E-state index contributed by atoms with van der Waals surface area (Å²) in [6.07, 6.45) is 3.85. The zero-order valence-electron chi connectivity index (χ0n) is 18.7. The van der Waals surface area contributed by atoms with E-state index in [1.165, 1.54) is 15.6 Å². The number of sulfonamides is 1. The molecule has 1 fully saturated rings. The minimum absolute atomic E-state index is 0.143. The predicted molar refractivity (Wildman–Crippen MR) is 127 cm³/mol. The second-order valence-corrected chi connectivity index (χ2v) is 11.2. The maximum Gasteiger partial charge on any atom is 0.341 e. The molecule has 2 heterocycles. The second kappa shape index (κ2) is 10.3. The Bertz CT molecular complexity index is 1110. The number of hydrogen-bond acceptors (Lipinski definition) is 7. The predicted octanol–water partition coefficient (Wildman–Crippen LogP) is 2.75. The number of thiophene rings is 1. The van der Waals surface area contributed by atoms with Gasteiger partial charge < -0.3 is 10.1 Å². The van der Waals surface area contributed by atoms with Gasteiger partial charge in [-0.05, 0) is 50.3 Å². The first kappa shape index (κ1) is 23.9. The molecular weight excluding hydrogens is 462 g/mol. The molecule has 1 aromatic heterocycles. The van der Waals surface area contributed by atoms with Crippen LogP contribution in [0, 0.1) is 0 Å². The monoisotopic (exact) mass is 491 g/mol. The molecule has 10 heteroatoms. The lowest BCUT2D eigenvalue weighted by Crippen LogP contribution is -2.50. The fourth-order valence-electron chi connectivity index (χ4n) is 4.31. The molecule has 1 saturated heterocycles. The largest absolute Gasteiger partial charge is 0.462 e. The van der Waals surface area contributed by atoms with E-state index in [0.717, 1.165) is 36.1 Å². The van der Waals surface area contributed by atoms with Gasteiger partial charge in [0.05, 0.1) is 23.6 Å². The molecule has 8 nitrogen and oxygen atoms in total. The molecule has 1 aliphatic heterocycles. The summed E-state index contributed by atoms with van der Waals surface area (Å²) in [6.45, 7) is 3.78. The zero-order valence-corrected chi connectivity index (χ0v) is 20.3. The molecule has 2 aliphatic rings. The lowest BCUT2D eigenvalue weighted by atomic mass is 9.95. The summed E-state index contributed by atoms with van der Waals surface area (Å²) in [5, 5.41) is 3.49. The number of carbonyl (C=O) groups is 2. The number of benzene rings is 1. The zero-order chi connectivity index (χ0) is 23.4. The maximum absolute atomic E-state index is 12.8. The van der Waals surface area contributed by atoms with Gasteiger partial charge in [0.15, 0.2) is 0 Å². The number of esters is 1. The van der Waals surface area contributed by atoms with Crippen molar-refractivity contribution < 1.29 is 22.7 Å². The Morgan fingerprint density at radius 1 is 1.06 bits per heavy atom. The van der Waals surface area contributed by atoms with Crippen LogP contribution in [0.25, 0.3) is 0 Å². The van der Waals surface area contributed by atoms with Gasteiger partial charge in [-0.2, -0.15) is 4.31 Å². The van der Waals surface area contributed by atoms with Crippen molar-refractivity contribution in [3.05, 3.63) is 46.3 Å². The molecule has 0 saturated carbocycles. The summed E-state index contributed by atoms with van der Waals surface area (Å²) in [5.74, 6) is -0.592. The normalized spacial score (nSPS) is 17.4. The van der Waals surface area contributed by atoms with E-state index in [4.69, 9.17) is 4.74 Å². The van der Waals surface area contributed by atoms with E-state index in [1.54, 1.807) is 37.3 Å². The van der Waals surface area contributed by atoms with Crippen molar-refractivity contribution in [3.63, 3.8) is 0 Å². The van der Waals surface area contributed by atoms with Crippen molar-refractivity contribution in [2.75, 3.05) is 44.6 Å². The van der Waals surface area contributed by atoms with Gasteiger partial charge in [0, 0.05) is 31.1 Å². The Balaban J connectivity index is 1.38. The van der Waals surface area contributed by atoms with Crippen LogP contribution < -0.4 is 5.32 Å². The molecule has 1 N–H and O–H groups in total. The molecule has 2 aromatic rings. The first-order valence-electron chi connectivity index (χ1n) is 11.3. The van der Waals surface area contributed by atoms with Gasteiger partial charge in [-0.3, -0.25) is 9.69 Å². The van der Waals surface area contributed by atoms with Gasteiger partial charge in [-0.1, -0.05) is 18.2 Å². The third-order valence-electron chi connectivity index (χ3n) is 5.98. The minimum Gasteiger partial charge on any atom is -0.462 e. The highest BCUT2D eigenvalue weighted by Gasteiger charge is 2.30. The summed E-state index contributed by atoms with van der Waals surface area (Å²) in [7, 11) is -3.53. The lowest BCUT2D eigenvalue weighted by molar-refractivity contribution is -0.117. The quantitative estimate of drug-likeness (QED) is 0.599. The van der Waals surface area contributed by atoms with E-state index < -0.39 is 10.0 Å². The molecule has 33 heavy (non-hydrogen) atoms. The third kappa shape index (κ3) is 5.29. The van der Waals surface area contributed by atoms with Crippen LogP contribution in [0.1, 0.15) is 40.6 Å². The molecule has 0 bridgehead atoms. The lowest BCUT2D eigenvalue weighted by Gasteiger charge is -2.33. The van der Waals surface area contributed by atoms with Crippen LogP contribution in [0.4, 0.5) is 5.00 Å². The van der Waals surface area contributed by atoms with Crippen LogP contribution >= 0.6 is 11.3 Å². The van der Waals surface area contributed by atoms with Gasteiger partial charge in [0.2, 0.25) is 15.9 Å². The van der Waals surface area contributed by atoms with Crippen molar-refractivity contribution in [2.45, 2.75) is 37.5 Å². The van der Waals surface area contributed by atoms with Crippen molar-refractivity contribution >= 4 is 38.2 Å². The standard InChI is InChI=1S/C23H29N3O5S2/c1-2-31-23(28)21-18-10-6-7-11-19(18)32-22(21)24-20(27)16-25-12-14-26(15-13-25)33(29,30)17-8-4-3-5-9-17/h3-5,8-9H,2,6-7,10-16H2,1H3,(H,24,27). The highest BCUT2D eigenvalue weighted by atomic mass is 32.2. The van der Waals surface area contributed by atoms with Crippen LogP contribution in [0.5, 0.6) is 0 Å². The number of hydrogen-bond donors (Lipinski definition) is 1. The molecule has 0 radical (unpaired) electrons. The number of rotatable bonds is 7. The van der Waals surface area contributed by atoms with Gasteiger partial charge in [-0.25, -0.2) is 13.2 Å². The molecule has 0 atom stereocenters. The first-order chi connectivity index (χ1) is 15.9. The number of carbonyl (C=O) groups excluding carboxylic acids is 2. The molecular formula is C23H29N3O5S2. The summed E-state index contributed by atoms with van der Waals surface area (Å²) in [4.78, 5) is 28.7. The Labute approximate surface area is 198 Å². The van der Waals surface area contributed by atoms with Gasteiger partial charge >= 0.3 is 5.97 Å². The Kier molecular flexibility index (Phi) is 7.48. The van der Waals surface area contributed by atoms with E-state index in [0.29, 0.717) is 36.7 Å². The number of aryl methyl sites for hydroxylation is 1. The summed E-state index contributed by atoms with van der Waals surface area (Å²) in [6, 6.07) is 8.39. The number of amides is 1. The molecule has 1 aromatic carbocycles. The van der Waals surface area contributed by atoms with E-state index in [2.05, 4.69) is 5.32 Å². The molecule has 1 amide bonds. The number of nitrogens with zero attached hydrogens (tertiary/aromatic N) is 2. The Hall–Kier alpha value is -2.27. The number of nitrogens with one attached hydrogen (secondary N) is 1. The summed E-state index contributed by atoms with van der Waals surface area (Å²) in [5.41, 5.74) is 1.52. The minimum atomic E-state index is -3.53. The fraction of sp³-hybridized carbons (Fsp3) is 0.478. The molecule has 1 aliphatic carbocycles. The Morgan fingerprint density at radius 2 is 1.76 bits per heavy atom. The van der Waals surface area contributed by atoms with E-state index in [-0.39, 0.29) is 29.9 Å². The van der Waals surface area contributed by atoms with Crippen molar-refractivity contribution in [3.8, 4) is 0 Å². The number of anilines is 1. The molecule has 0 spiro atoms. The second-order valence-electron chi connectivity index (χ2n) is 8.18. The maximum atomic E-state index is 12.8. The van der Waals surface area contributed by atoms with E-state index in [1.807, 2.05) is 4.90 Å². The molecule has 0 unspecified atom stereocenters. The Morgan fingerprint density at radius 3 is 2.45 bits per heavy atom. The average molecular weight is 492 g/mol. The third-order valence-corrected chi connectivity index (χ3v) is 9.10. The summed E-state index contributed by atoms with van der Waals surface area (Å²) < 4.78 is 32.3. The number of ether oxygens (including phenoxy) is 1. The van der Waals surface area contributed by atoms with Crippen LogP contribution in [0.2, 0.25) is 0 Å². The first-order valence-corrected chi connectivity index (χ1v) is 13.5. The van der Waals surface area contributed by atoms with Gasteiger partial charge in [-0.15, -0.1) is 11.3 Å². The highest BCUT2D eigenvalue weighted by molar-refractivity contribution is 7.89. The highest BCUT2D eigenvalue weighted by Crippen LogP contribution is 2.38. The van der Waals surface area contributed by atoms with Crippen molar-refractivity contribution in [1.29, 1.82) is 0 Å². The van der Waals surface area contributed by atoms with Crippen LogP contribution in [0.3, 0.4) is 0 Å². The number of fused-ring (bicyclic) bond motifs is 1. The van der Waals surface area contributed by atoms with Crippen molar-refractivity contribution in [2.24, 2.45) is 0 Å². The topological polar surface area (TPSA) is 96.0 Å². The van der Waals surface area contributed by atoms with Crippen LogP contribution in [0.15, 0.2) is 35.2 Å². The molecule has 178 valence electrons. The fourth-order valence-corrected chi connectivity index (χ4v) is 7.05.